The molecule has 0 saturated carbocycles. The SMILES string of the molecule is CC(O)C1CCN(Cc2nnc(Cl)s2)C1. The number of rotatable bonds is 3. The largest absolute Gasteiger partial charge is 0.393 e. The molecule has 4 nitrogen and oxygen atoms in total. The third-order valence-corrected chi connectivity index (χ3v) is 3.80. The van der Waals surface area contributed by atoms with E-state index in [-0.39, 0.29) is 6.10 Å². The molecule has 1 saturated heterocycles. The van der Waals surface area contributed by atoms with Crippen molar-refractivity contribution in [3.63, 3.8) is 0 Å². The van der Waals surface area contributed by atoms with E-state index in [1.165, 1.54) is 11.3 Å². The maximum Gasteiger partial charge on any atom is 0.207 e. The van der Waals surface area contributed by atoms with Crippen LogP contribution < -0.4 is 0 Å². The summed E-state index contributed by atoms with van der Waals surface area (Å²) in [5.74, 6) is 0.397. The molecule has 1 aromatic rings. The molecule has 2 unspecified atom stereocenters. The van der Waals surface area contributed by atoms with Crippen LogP contribution in [-0.2, 0) is 6.54 Å². The van der Waals surface area contributed by atoms with Crippen molar-refractivity contribution in [1.82, 2.24) is 15.1 Å². The van der Waals surface area contributed by atoms with E-state index in [0.29, 0.717) is 10.4 Å². The summed E-state index contributed by atoms with van der Waals surface area (Å²) >= 11 is 7.13. The van der Waals surface area contributed by atoms with E-state index >= 15 is 0 Å². The van der Waals surface area contributed by atoms with Gasteiger partial charge in [0.05, 0.1) is 12.6 Å². The number of halogens is 1. The normalized spacial score (nSPS) is 24.6. The van der Waals surface area contributed by atoms with Gasteiger partial charge in [-0.2, -0.15) is 0 Å². The molecule has 0 aromatic carbocycles. The zero-order valence-corrected chi connectivity index (χ0v) is 10.1. The van der Waals surface area contributed by atoms with Crippen molar-refractivity contribution in [3.05, 3.63) is 9.47 Å². The smallest absolute Gasteiger partial charge is 0.207 e. The quantitative estimate of drug-likeness (QED) is 0.877. The van der Waals surface area contributed by atoms with Crippen molar-refractivity contribution in [2.75, 3.05) is 13.1 Å². The molecule has 15 heavy (non-hydrogen) atoms. The van der Waals surface area contributed by atoms with Crippen molar-refractivity contribution < 1.29 is 5.11 Å². The first-order valence-corrected chi connectivity index (χ1v) is 6.23. The summed E-state index contributed by atoms with van der Waals surface area (Å²) in [6, 6.07) is 0. The van der Waals surface area contributed by atoms with Gasteiger partial charge in [0.1, 0.15) is 5.01 Å². The Kier molecular flexibility index (Phi) is 3.56. The number of hydrogen-bond donors (Lipinski definition) is 1. The lowest BCUT2D eigenvalue weighted by molar-refractivity contribution is 0.127. The molecule has 2 atom stereocenters. The molecule has 0 radical (unpaired) electrons. The van der Waals surface area contributed by atoms with E-state index in [1.54, 1.807) is 0 Å². The van der Waals surface area contributed by atoms with Gasteiger partial charge in [-0.15, -0.1) is 10.2 Å². The summed E-state index contributed by atoms with van der Waals surface area (Å²) in [5.41, 5.74) is 0. The van der Waals surface area contributed by atoms with Crippen LogP contribution in [0.5, 0.6) is 0 Å². The Morgan fingerprint density at radius 3 is 3.00 bits per heavy atom. The highest BCUT2D eigenvalue weighted by Gasteiger charge is 2.26. The number of aliphatic hydroxyl groups is 1. The molecule has 0 aliphatic carbocycles. The van der Waals surface area contributed by atoms with Gasteiger partial charge in [-0.05, 0) is 37.4 Å². The van der Waals surface area contributed by atoms with Crippen LogP contribution in [0.1, 0.15) is 18.4 Å². The predicted molar refractivity (Wildman–Crippen MR) is 60.0 cm³/mol. The van der Waals surface area contributed by atoms with Crippen LogP contribution >= 0.6 is 22.9 Å². The number of aliphatic hydroxyl groups excluding tert-OH is 1. The Morgan fingerprint density at radius 2 is 2.47 bits per heavy atom. The second kappa shape index (κ2) is 4.74. The minimum Gasteiger partial charge on any atom is -0.393 e. The summed E-state index contributed by atoms with van der Waals surface area (Å²) in [6.45, 7) is 4.62. The van der Waals surface area contributed by atoms with Gasteiger partial charge in [0.2, 0.25) is 4.47 Å². The fraction of sp³-hybridized carbons (Fsp3) is 0.778. The van der Waals surface area contributed by atoms with Crippen LogP contribution in [0.4, 0.5) is 0 Å². The lowest BCUT2D eigenvalue weighted by Gasteiger charge is -2.15. The Balaban J connectivity index is 1.87. The molecule has 1 aromatic heterocycles. The average molecular weight is 248 g/mol. The molecular formula is C9H14ClN3OS. The minimum atomic E-state index is -0.215. The molecule has 0 spiro atoms. The summed E-state index contributed by atoms with van der Waals surface area (Å²) in [4.78, 5) is 2.29. The molecule has 84 valence electrons. The number of likely N-dealkylation sites (tertiary alicyclic amines) is 1. The van der Waals surface area contributed by atoms with Crippen molar-refractivity contribution in [2.24, 2.45) is 5.92 Å². The maximum atomic E-state index is 9.47. The Hall–Kier alpha value is -0.230. The monoisotopic (exact) mass is 247 g/mol. The van der Waals surface area contributed by atoms with Crippen molar-refractivity contribution in [3.8, 4) is 0 Å². The van der Waals surface area contributed by atoms with E-state index < -0.39 is 0 Å². The summed E-state index contributed by atoms with van der Waals surface area (Å²) in [6.07, 6.45) is 0.845. The molecule has 1 aliphatic rings. The van der Waals surface area contributed by atoms with Crippen molar-refractivity contribution >= 4 is 22.9 Å². The molecule has 1 aliphatic heterocycles. The van der Waals surface area contributed by atoms with Crippen LogP contribution in [0.25, 0.3) is 0 Å². The van der Waals surface area contributed by atoms with E-state index in [0.717, 1.165) is 31.1 Å². The molecular weight excluding hydrogens is 234 g/mol. The predicted octanol–water partition coefficient (Wildman–Crippen LogP) is 1.39. The van der Waals surface area contributed by atoms with E-state index in [4.69, 9.17) is 11.6 Å². The van der Waals surface area contributed by atoms with E-state index in [9.17, 15) is 5.11 Å². The third-order valence-electron chi connectivity index (χ3n) is 2.79. The second-order valence-electron chi connectivity index (χ2n) is 3.97. The van der Waals surface area contributed by atoms with Crippen LogP contribution in [0.3, 0.4) is 0 Å². The first-order valence-electron chi connectivity index (χ1n) is 5.03. The molecule has 2 rings (SSSR count). The molecule has 6 heteroatoms. The van der Waals surface area contributed by atoms with Crippen LogP contribution in [-0.4, -0.2) is 39.4 Å². The zero-order valence-electron chi connectivity index (χ0n) is 8.56. The number of hydrogen-bond acceptors (Lipinski definition) is 5. The van der Waals surface area contributed by atoms with Gasteiger partial charge >= 0.3 is 0 Å². The Bertz CT molecular complexity index is 331. The lowest BCUT2D eigenvalue weighted by atomic mass is 10.0. The Morgan fingerprint density at radius 1 is 1.67 bits per heavy atom. The van der Waals surface area contributed by atoms with Gasteiger partial charge in [-0.1, -0.05) is 11.3 Å². The standard InChI is InChI=1S/C9H14ClN3OS/c1-6(14)7-2-3-13(4-7)5-8-11-12-9(10)15-8/h6-7,14H,2-5H2,1H3. The van der Waals surface area contributed by atoms with Gasteiger partial charge in [0.25, 0.3) is 0 Å². The third kappa shape index (κ3) is 2.87. The first kappa shape index (κ1) is 11.3. The zero-order chi connectivity index (χ0) is 10.8. The molecule has 0 bridgehead atoms. The molecule has 0 amide bonds. The highest BCUT2D eigenvalue weighted by molar-refractivity contribution is 7.15. The fourth-order valence-corrected chi connectivity index (χ4v) is 2.80. The fourth-order valence-electron chi connectivity index (χ4n) is 1.89. The number of nitrogens with zero attached hydrogens (tertiary/aromatic N) is 3. The summed E-state index contributed by atoms with van der Waals surface area (Å²) < 4.78 is 0.497. The van der Waals surface area contributed by atoms with Gasteiger partial charge in [-0.25, -0.2) is 0 Å². The Labute approximate surface area is 97.9 Å². The summed E-state index contributed by atoms with van der Waals surface area (Å²) in [5, 5.41) is 18.2. The van der Waals surface area contributed by atoms with E-state index in [2.05, 4.69) is 15.1 Å². The topological polar surface area (TPSA) is 49.2 Å². The van der Waals surface area contributed by atoms with Crippen LogP contribution in [0.15, 0.2) is 0 Å². The first-order chi connectivity index (χ1) is 7.15. The van der Waals surface area contributed by atoms with Crippen molar-refractivity contribution in [1.29, 1.82) is 0 Å². The van der Waals surface area contributed by atoms with Crippen molar-refractivity contribution in [2.45, 2.75) is 26.0 Å². The lowest BCUT2D eigenvalue weighted by Crippen LogP contribution is -2.23. The highest BCUT2D eigenvalue weighted by atomic mass is 35.5. The van der Waals surface area contributed by atoms with E-state index in [1.807, 2.05) is 6.92 Å². The minimum absolute atomic E-state index is 0.215. The van der Waals surface area contributed by atoms with Gasteiger partial charge in [-0.3, -0.25) is 4.90 Å². The van der Waals surface area contributed by atoms with Gasteiger partial charge in [0.15, 0.2) is 0 Å². The van der Waals surface area contributed by atoms with Crippen LogP contribution in [0, 0.1) is 5.92 Å². The molecule has 2 heterocycles. The van der Waals surface area contributed by atoms with Gasteiger partial charge < -0.3 is 5.11 Å². The maximum absolute atomic E-state index is 9.47. The van der Waals surface area contributed by atoms with Gasteiger partial charge in [0, 0.05) is 6.54 Å². The molecule has 1 N–H and O–H groups in total. The average Bonchev–Trinajstić information content (AvgIpc) is 2.76. The highest BCUT2D eigenvalue weighted by Crippen LogP contribution is 2.23. The van der Waals surface area contributed by atoms with Crippen LogP contribution in [0.2, 0.25) is 4.47 Å². The second-order valence-corrected chi connectivity index (χ2v) is 5.62. The molecule has 1 fully saturated rings. The number of aromatic nitrogens is 2. The summed E-state index contributed by atoms with van der Waals surface area (Å²) in [7, 11) is 0.